The molecule has 0 aliphatic carbocycles. The van der Waals surface area contributed by atoms with Crippen LogP contribution >= 0.6 is 0 Å². The van der Waals surface area contributed by atoms with E-state index in [0.29, 0.717) is 0 Å². The third-order valence-electron chi connectivity index (χ3n) is 3.83. The molecule has 0 aromatic heterocycles. The van der Waals surface area contributed by atoms with Gasteiger partial charge in [0.2, 0.25) is 0 Å². The summed E-state index contributed by atoms with van der Waals surface area (Å²) >= 11 is 0. The van der Waals surface area contributed by atoms with Crippen LogP contribution in [-0.4, -0.2) is 52.7 Å². The number of hydrogen-bond acceptors (Lipinski definition) is 7. The quantitative estimate of drug-likeness (QED) is 0.723. The zero-order valence-corrected chi connectivity index (χ0v) is 11.8. The van der Waals surface area contributed by atoms with Crippen molar-refractivity contribution >= 4 is 11.9 Å². The van der Waals surface area contributed by atoms with Crippen LogP contribution in [0.2, 0.25) is 0 Å². The molecule has 1 aromatic rings. The van der Waals surface area contributed by atoms with Gasteiger partial charge in [0.25, 0.3) is 0 Å². The minimum absolute atomic E-state index is 0.549. The molecule has 3 rings (SSSR count). The van der Waals surface area contributed by atoms with Crippen molar-refractivity contribution in [2.24, 2.45) is 0 Å². The van der Waals surface area contributed by atoms with E-state index in [9.17, 15) is 19.8 Å². The number of fused-ring (bicyclic) bond motifs is 1. The zero-order chi connectivity index (χ0) is 15.9. The lowest BCUT2D eigenvalue weighted by Crippen LogP contribution is -2.56. The van der Waals surface area contributed by atoms with Crippen molar-refractivity contribution in [2.75, 3.05) is 0 Å². The average molecular weight is 308 g/mol. The Balaban J connectivity index is 1.94. The van der Waals surface area contributed by atoms with Crippen molar-refractivity contribution in [3.05, 3.63) is 35.9 Å². The first-order chi connectivity index (χ1) is 10.5. The Bertz CT molecular complexity index is 573. The van der Waals surface area contributed by atoms with Gasteiger partial charge < -0.3 is 24.4 Å². The SMILES string of the molecule is CC(=O)O[C@H]1[C@@H]2OC(=O)[C@@H](O)[C@@H](O)[C@@H]2O[C@@H]1c1ccccc1. The van der Waals surface area contributed by atoms with Gasteiger partial charge in [0, 0.05) is 6.92 Å². The van der Waals surface area contributed by atoms with Crippen molar-refractivity contribution in [2.45, 2.75) is 43.5 Å². The smallest absolute Gasteiger partial charge is 0.338 e. The Hall–Kier alpha value is -1.96. The summed E-state index contributed by atoms with van der Waals surface area (Å²) in [5.74, 6) is -1.50. The number of aliphatic hydroxyl groups excluding tert-OH is 2. The Morgan fingerprint density at radius 3 is 2.50 bits per heavy atom. The van der Waals surface area contributed by atoms with Gasteiger partial charge in [0.05, 0.1) is 0 Å². The van der Waals surface area contributed by atoms with Crippen molar-refractivity contribution in [3.63, 3.8) is 0 Å². The van der Waals surface area contributed by atoms with Crippen LogP contribution in [0.1, 0.15) is 18.6 Å². The summed E-state index contributed by atoms with van der Waals surface area (Å²) in [6, 6.07) is 8.97. The minimum Gasteiger partial charge on any atom is -0.455 e. The molecule has 1 aromatic carbocycles. The molecule has 118 valence electrons. The van der Waals surface area contributed by atoms with Gasteiger partial charge in [0.1, 0.15) is 18.3 Å². The fourth-order valence-electron chi connectivity index (χ4n) is 2.85. The number of benzene rings is 1. The molecule has 0 spiro atoms. The molecule has 22 heavy (non-hydrogen) atoms. The lowest BCUT2D eigenvalue weighted by Gasteiger charge is -2.33. The van der Waals surface area contributed by atoms with E-state index >= 15 is 0 Å². The largest absolute Gasteiger partial charge is 0.455 e. The van der Waals surface area contributed by atoms with Crippen LogP contribution in [0.15, 0.2) is 30.3 Å². The molecule has 2 saturated heterocycles. The maximum Gasteiger partial charge on any atom is 0.338 e. The Labute approximate surface area is 126 Å². The number of esters is 2. The number of aliphatic hydroxyl groups is 2. The highest BCUT2D eigenvalue weighted by molar-refractivity contribution is 5.76. The average Bonchev–Trinajstić information content (AvgIpc) is 2.84. The van der Waals surface area contributed by atoms with Crippen LogP contribution in [0.3, 0.4) is 0 Å². The van der Waals surface area contributed by atoms with Crippen LogP contribution in [0.5, 0.6) is 0 Å². The van der Waals surface area contributed by atoms with Gasteiger partial charge in [-0.05, 0) is 5.56 Å². The number of hydrogen-bond donors (Lipinski definition) is 2. The maximum atomic E-state index is 11.6. The van der Waals surface area contributed by atoms with Gasteiger partial charge in [-0.25, -0.2) is 4.79 Å². The molecule has 2 aliphatic heterocycles. The lowest BCUT2D eigenvalue weighted by molar-refractivity contribution is -0.201. The summed E-state index contributed by atoms with van der Waals surface area (Å²) in [6.07, 6.45) is -6.59. The molecule has 2 fully saturated rings. The van der Waals surface area contributed by atoms with Crippen molar-refractivity contribution < 1.29 is 34.0 Å². The van der Waals surface area contributed by atoms with Gasteiger partial charge in [-0.3, -0.25) is 4.79 Å². The summed E-state index contributed by atoms with van der Waals surface area (Å²) in [6.45, 7) is 1.24. The number of rotatable bonds is 2. The molecule has 0 saturated carbocycles. The summed E-state index contributed by atoms with van der Waals surface area (Å²) < 4.78 is 16.1. The van der Waals surface area contributed by atoms with Crippen molar-refractivity contribution in [1.82, 2.24) is 0 Å². The molecule has 2 heterocycles. The van der Waals surface area contributed by atoms with Crippen LogP contribution in [0.4, 0.5) is 0 Å². The molecule has 7 heteroatoms. The second kappa shape index (κ2) is 5.68. The summed E-state index contributed by atoms with van der Waals surface area (Å²) in [5, 5.41) is 19.6. The van der Waals surface area contributed by atoms with E-state index in [4.69, 9.17) is 14.2 Å². The predicted octanol–water partition coefficient (Wildman–Crippen LogP) is -0.295. The van der Waals surface area contributed by atoms with Crippen LogP contribution in [0, 0.1) is 0 Å². The maximum absolute atomic E-state index is 11.6. The molecular formula is C15H16O7. The van der Waals surface area contributed by atoms with E-state index in [1.54, 1.807) is 24.3 Å². The van der Waals surface area contributed by atoms with Gasteiger partial charge in [0.15, 0.2) is 18.3 Å². The first-order valence-electron chi connectivity index (χ1n) is 6.93. The van der Waals surface area contributed by atoms with E-state index in [1.165, 1.54) is 6.92 Å². The predicted molar refractivity (Wildman–Crippen MR) is 71.5 cm³/mol. The van der Waals surface area contributed by atoms with E-state index < -0.39 is 48.6 Å². The third-order valence-corrected chi connectivity index (χ3v) is 3.83. The third kappa shape index (κ3) is 2.47. The first kappa shape index (κ1) is 15.0. The number of carbonyl (C=O) groups excluding carboxylic acids is 2. The van der Waals surface area contributed by atoms with Gasteiger partial charge in [-0.2, -0.15) is 0 Å². The highest BCUT2D eigenvalue weighted by Crippen LogP contribution is 2.41. The minimum atomic E-state index is -1.67. The van der Waals surface area contributed by atoms with E-state index in [1.807, 2.05) is 6.07 Å². The van der Waals surface area contributed by atoms with E-state index in [0.717, 1.165) is 5.56 Å². The Morgan fingerprint density at radius 1 is 1.18 bits per heavy atom. The molecule has 0 radical (unpaired) electrons. The molecule has 7 nitrogen and oxygen atoms in total. The van der Waals surface area contributed by atoms with Gasteiger partial charge >= 0.3 is 11.9 Å². The summed E-state index contributed by atoms with van der Waals surface area (Å²) in [4.78, 5) is 22.9. The van der Waals surface area contributed by atoms with Crippen molar-refractivity contribution in [3.8, 4) is 0 Å². The molecular weight excluding hydrogens is 292 g/mol. The first-order valence-corrected chi connectivity index (χ1v) is 6.93. The number of carbonyl (C=O) groups is 2. The topological polar surface area (TPSA) is 102 Å². The standard InChI is InChI=1S/C15H16O7/c1-7(16)20-13-11(8-5-3-2-4-6-8)21-12-9(17)10(18)15(19)22-14(12)13/h2-6,9-14,17-18H,1H3/t9-,10+,11-,12+,13-,14-/m1/s1. The summed E-state index contributed by atoms with van der Waals surface area (Å²) in [5.41, 5.74) is 0.723. The van der Waals surface area contributed by atoms with Crippen LogP contribution < -0.4 is 0 Å². The normalized spacial score (nSPS) is 37.3. The molecule has 0 amide bonds. The zero-order valence-electron chi connectivity index (χ0n) is 11.8. The van der Waals surface area contributed by atoms with Crippen molar-refractivity contribution in [1.29, 1.82) is 0 Å². The van der Waals surface area contributed by atoms with Crippen LogP contribution in [0.25, 0.3) is 0 Å². The van der Waals surface area contributed by atoms with Gasteiger partial charge in [-0.1, -0.05) is 30.3 Å². The Kier molecular flexibility index (Phi) is 3.86. The second-order valence-electron chi connectivity index (χ2n) is 5.34. The molecule has 6 atom stereocenters. The Morgan fingerprint density at radius 2 is 1.86 bits per heavy atom. The second-order valence-corrected chi connectivity index (χ2v) is 5.34. The summed E-state index contributed by atoms with van der Waals surface area (Å²) in [7, 11) is 0. The molecule has 2 aliphatic rings. The number of ether oxygens (including phenoxy) is 3. The van der Waals surface area contributed by atoms with E-state index in [-0.39, 0.29) is 0 Å². The molecule has 2 N–H and O–H groups in total. The van der Waals surface area contributed by atoms with Gasteiger partial charge in [-0.15, -0.1) is 0 Å². The molecule has 0 unspecified atom stereocenters. The monoisotopic (exact) mass is 308 g/mol. The fraction of sp³-hybridized carbons (Fsp3) is 0.467. The lowest BCUT2D eigenvalue weighted by atomic mass is 9.95. The highest BCUT2D eigenvalue weighted by atomic mass is 16.7. The van der Waals surface area contributed by atoms with Crippen LogP contribution in [-0.2, 0) is 23.8 Å². The fourth-order valence-corrected chi connectivity index (χ4v) is 2.85. The highest BCUT2D eigenvalue weighted by Gasteiger charge is 2.57. The van der Waals surface area contributed by atoms with E-state index in [2.05, 4.69) is 0 Å². The molecule has 0 bridgehead atoms.